The SMILES string of the molecule is CC(=O)N(CCCC[C@H](N)C(=O)O)CC(F)(F)[C@]1(O)O[C@H](CO)[C@H](O)[C@H](O)[C@H]1O. The van der Waals surface area contributed by atoms with E-state index in [1.807, 2.05) is 0 Å². The number of unbranched alkanes of at least 4 members (excludes halogenated alkanes) is 1. The highest BCUT2D eigenvalue weighted by atomic mass is 19.3. The van der Waals surface area contributed by atoms with Gasteiger partial charge in [-0.05, 0) is 19.3 Å². The first-order valence-electron chi connectivity index (χ1n) is 8.95. The van der Waals surface area contributed by atoms with Gasteiger partial charge >= 0.3 is 11.9 Å². The molecule has 1 amide bonds. The minimum absolute atomic E-state index is 0.0610. The number of aliphatic hydroxyl groups excluding tert-OH is 4. The van der Waals surface area contributed by atoms with E-state index in [2.05, 4.69) is 4.74 Å². The predicted molar refractivity (Wildman–Crippen MR) is 91.6 cm³/mol. The number of hydrogen-bond acceptors (Lipinski definition) is 9. The van der Waals surface area contributed by atoms with Gasteiger partial charge in [0.15, 0.2) is 0 Å². The smallest absolute Gasteiger partial charge is 0.320 e. The molecule has 8 N–H and O–H groups in total. The summed E-state index contributed by atoms with van der Waals surface area (Å²) in [5, 5.41) is 57.3. The Hall–Kier alpha value is -1.48. The van der Waals surface area contributed by atoms with Crippen molar-refractivity contribution >= 4 is 11.9 Å². The van der Waals surface area contributed by atoms with Crippen LogP contribution in [0.1, 0.15) is 26.2 Å². The summed E-state index contributed by atoms with van der Waals surface area (Å²) in [7, 11) is 0. The minimum Gasteiger partial charge on any atom is -0.480 e. The van der Waals surface area contributed by atoms with Crippen LogP contribution >= 0.6 is 0 Å². The fourth-order valence-corrected chi connectivity index (χ4v) is 2.95. The summed E-state index contributed by atoms with van der Waals surface area (Å²) in [4.78, 5) is 23.0. The maximum Gasteiger partial charge on any atom is 0.320 e. The summed E-state index contributed by atoms with van der Waals surface area (Å²) < 4.78 is 34.2. The van der Waals surface area contributed by atoms with Crippen LogP contribution < -0.4 is 5.73 Å². The van der Waals surface area contributed by atoms with E-state index in [9.17, 15) is 38.8 Å². The van der Waals surface area contributed by atoms with E-state index in [0.717, 1.165) is 6.92 Å². The average Bonchev–Trinajstić information content (AvgIpc) is 2.64. The van der Waals surface area contributed by atoms with Gasteiger partial charge in [-0.15, -0.1) is 0 Å². The molecule has 0 bridgehead atoms. The number of alkyl halides is 2. The first-order valence-corrected chi connectivity index (χ1v) is 8.95. The molecule has 170 valence electrons. The topological polar surface area (TPSA) is 194 Å². The third-order valence-corrected chi connectivity index (χ3v) is 4.84. The lowest BCUT2D eigenvalue weighted by atomic mass is 9.88. The number of hydrogen-bond donors (Lipinski definition) is 7. The lowest BCUT2D eigenvalue weighted by Gasteiger charge is -2.48. The van der Waals surface area contributed by atoms with Crippen LogP contribution in [0.4, 0.5) is 8.78 Å². The second kappa shape index (κ2) is 10.0. The monoisotopic (exact) mass is 430 g/mol. The maximum absolute atomic E-state index is 14.8. The zero-order chi connectivity index (χ0) is 22.6. The van der Waals surface area contributed by atoms with Crippen molar-refractivity contribution in [3.8, 4) is 0 Å². The standard InChI is InChI=1S/C16H28F2N2O9/c1-8(22)20(5-3-2-4-9(19)14(26)27)7-15(17,18)16(28)13(25)12(24)11(23)10(6-21)29-16/h9-13,21,23-25,28H,2-7,19H2,1H3,(H,26,27)/t9-,10+,11-,12-,13+,16+/m0/s1. The van der Waals surface area contributed by atoms with Crippen LogP contribution in [-0.2, 0) is 14.3 Å². The van der Waals surface area contributed by atoms with Gasteiger partial charge < -0.3 is 46.0 Å². The number of aliphatic hydroxyl groups is 5. The number of rotatable bonds is 10. The van der Waals surface area contributed by atoms with Crippen LogP contribution in [0, 0.1) is 0 Å². The minimum atomic E-state index is -4.30. The Kier molecular flexibility index (Phi) is 8.83. The van der Waals surface area contributed by atoms with Gasteiger partial charge in [0.25, 0.3) is 5.79 Å². The first kappa shape index (κ1) is 25.6. The van der Waals surface area contributed by atoms with Gasteiger partial charge in [-0.1, -0.05) is 0 Å². The number of amides is 1. The highest BCUT2D eigenvalue weighted by Gasteiger charge is 2.66. The molecule has 1 aliphatic rings. The van der Waals surface area contributed by atoms with Crippen molar-refractivity contribution in [3.05, 3.63) is 0 Å². The summed E-state index contributed by atoms with van der Waals surface area (Å²) in [5.41, 5.74) is 5.33. The van der Waals surface area contributed by atoms with Crippen LogP contribution in [0.2, 0.25) is 0 Å². The van der Waals surface area contributed by atoms with Gasteiger partial charge in [0, 0.05) is 13.5 Å². The molecule has 1 heterocycles. The predicted octanol–water partition coefficient (Wildman–Crippen LogP) is -2.79. The first-order chi connectivity index (χ1) is 13.3. The van der Waals surface area contributed by atoms with Crippen molar-refractivity contribution in [3.63, 3.8) is 0 Å². The van der Waals surface area contributed by atoms with Gasteiger partial charge in [-0.25, -0.2) is 0 Å². The normalized spacial score (nSPS) is 31.3. The Balaban J connectivity index is 2.86. The number of nitrogens with zero attached hydrogens (tertiary/aromatic N) is 1. The van der Waals surface area contributed by atoms with E-state index in [4.69, 9.17) is 15.9 Å². The number of ether oxygens (including phenoxy) is 1. The fraction of sp³-hybridized carbons (Fsp3) is 0.875. The van der Waals surface area contributed by atoms with Crippen molar-refractivity contribution in [2.45, 2.75) is 68.4 Å². The number of carboxylic acids is 1. The molecule has 1 saturated heterocycles. The summed E-state index contributed by atoms with van der Waals surface area (Å²) in [6.07, 6.45) is -8.16. The summed E-state index contributed by atoms with van der Waals surface area (Å²) in [5.74, 6) is -9.99. The maximum atomic E-state index is 14.8. The quantitative estimate of drug-likeness (QED) is 0.178. The second-order valence-electron chi connectivity index (χ2n) is 7.05. The van der Waals surface area contributed by atoms with Crippen molar-refractivity contribution < 1.29 is 53.7 Å². The molecule has 1 rings (SSSR count). The molecule has 6 atom stereocenters. The number of halogens is 2. The fourth-order valence-electron chi connectivity index (χ4n) is 2.95. The summed E-state index contributed by atoms with van der Waals surface area (Å²) >= 11 is 0. The third kappa shape index (κ3) is 5.78. The molecular formula is C16H28F2N2O9. The van der Waals surface area contributed by atoms with Crippen LogP contribution in [0.25, 0.3) is 0 Å². The molecule has 0 saturated carbocycles. The van der Waals surface area contributed by atoms with E-state index in [1.54, 1.807) is 0 Å². The Morgan fingerprint density at radius 2 is 1.83 bits per heavy atom. The Morgan fingerprint density at radius 3 is 2.31 bits per heavy atom. The molecule has 0 unspecified atom stereocenters. The van der Waals surface area contributed by atoms with Crippen molar-refractivity contribution in [2.24, 2.45) is 5.73 Å². The van der Waals surface area contributed by atoms with Gasteiger partial charge in [0.05, 0.1) is 13.2 Å². The third-order valence-electron chi connectivity index (χ3n) is 4.84. The number of carbonyl (C=O) groups is 2. The highest BCUT2D eigenvalue weighted by Crippen LogP contribution is 2.40. The molecule has 11 nitrogen and oxygen atoms in total. The molecule has 0 aromatic rings. The Bertz CT molecular complexity index is 581. The molecule has 0 spiro atoms. The number of carbonyl (C=O) groups excluding carboxylic acids is 1. The Morgan fingerprint density at radius 1 is 1.24 bits per heavy atom. The van der Waals surface area contributed by atoms with Gasteiger partial charge in [-0.2, -0.15) is 8.78 Å². The van der Waals surface area contributed by atoms with E-state index in [-0.39, 0.29) is 25.8 Å². The van der Waals surface area contributed by atoms with E-state index in [1.165, 1.54) is 0 Å². The average molecular weight is 430 g/mol. The summed E-state index contributed by atoms with van der Waals surface area (Å²) in [6.45, 7) is -1.65. The lowest BCUT2D eigenvalue weighted by Crippen LogP contribution is -2.73. The number of nitrogens with two attached hydrogens (primary N) is 1. The van der Waals surface area contributed by atoms with Crippen LogP contribution in [0.15, 0.2) is 0 Å². The molecular weight excluding hydrogens is 402 g/mol. The number of aliphatic carboxylic acids is 1. The molecule has 29 heavy (non-hydrogen) atoms. The zero-order valence-corrected chi connectivity index (χ0v) is 15.8. The van der Waals surface area contributed by atoms with Gasteiger partial charge in [0.1, 0.15) is 30.5 Å². The van der Waals surface area contributed by atoms with E-state index < -0.39 is 67.2 Å². The molecule has 0 radical (unpaired) electrons. The zero-order valence-electron chi connectivity index (χ0n) is 15.8. The summed E-state index contributed by atoms with van der Waals surface area (Å²) in [6, 6.07) is -1.13. The van der Waals surface area contributed by atoms with E-state index >= 15 is 0 Å². The van der Waals surface area contributed by atoms with Gasteiger partial charge in [-0.3, -0.25) is 9.59 Å². The lowest BCUT2D eigenvalue weighted by molar-refractivity contribution is -0.411. The molecule has 0 aliphatic carbocycles. The second-order valence-corrected chi connectivity index (χ2v) is 7.05. The molecule has 1 aliphatic heterocycles. The van der Waals surface area contributed by atoms with Crippen LogP contribution in [-0.4, -0.2) is 109 Å². The van der Waals surface area contributed by atoms with E-state index in [0.29, 0.717) is 4.90 Å². The Labute approximate surface area is 165 Å². The molecule has 13 heteroatoms. The largest absolute Gasteiger partial charge is 0.480 e. The molecule has 0 aromatic carbocycles. The molecule has 1 fully saturated rings. The van der Waals surface area contributed by atoms with Crippen LogP contribution in [0.5, 0.6) is 0 Å². The highest BCUT2D eigenvalue weighted by molar-refractivity contribution is 5.73. The number of carboxylic acid groups (broad SMARTS) is 1. The van der Waals surface area contributed by atoms with Crippen LogP contribution in [0.3, 0.4) is 0 Å². The van der Waals surface area contributed by atoms with Crippen molar-refractivity contribution in [2.75, 3.05) is 19.7 Å². The van der Waals surface area contributed by atoms with Crippen molar-refractivity contribution in [1.29, 1.82) is 0 Å². The van der Waals surface area contributed by atoms with Gasteiger partial charge in [0.2, 0.25) is 5.91 Å². The molecule has 0 aromatic heterocycles. The van der Waals surface area contributed by atoms with Crippen molar-refractivity contribution in [1.82, 2.24) is 4.90 Å².